The summed E-state index contributed by atoms with van der Waals surface area (Å²) in [7, 11) is 1.58. The van der Waals surface area contributed by atoms with E-state index in [0.717, 1.165) is 22.8 Å². The molecule has 108 valence electrons. The van der Waals surface area contributed by atoms with Crippen LogP contribution in [0, 0.1) is 0 Å². The fourth-order valence-electron chi connectivity index (χ4n) is 1.99. The lowest BCUT2D eigenvalue weighted by molar-refractivity contribution is 0.0738. The lowest BCUT2D eigenvalue weighted by Gasteiger charge is -2.13. The maximum atomic E-state index is 12.2. The standard InChI is InChI=1S/C14H13N3O3S/c1-19-13(12-3-2-6-20-12)8-15-14(18)9-4-5-10-11(7-9)17-21-16-10/h2-7,13H,8H2,1H3,(H,15,18). The molecule has 0 spiro atoms. The minimum Gasteiger partial charge on any atom is -0.467 e. The molecule has 1 amide bonds. The molecule has 0 saturated carbocycles. The molecule has 21 heavy (non-hydrogen) atoms. The van der Waals surface area contributed by atoms with Crippen LogP contribution in [0.15, 0.2) is 41.0 Å². The Hall–Kier alpha value is -2.25. The van der Waals surface area contributed by atoms with Crippen molar-refractivity contribution in [1.82, 2.24) is 14.1 Å². The number of rotatable bonds is 5. The van der Waals surface area contributed by atoms with Crippen LogP contribution in [0.2, 0.25) is 0 Å². The molecule has 0 aliphatic carbocycles. The number of hydrogen-bond acceptors (Lipinski definition) is 6. The van der Waals surface area contributed by atoms with Crippen LogP contribution >= 0.6 is 11.7 Å². The first-order valence-electron chi connectivity index (χ1n) is 6.34. The van der Waals surface area contributed by atoms with Gasteiger partial charge in [0.2, 0.25) is 0 Å². The molecule has 0 aliphatic rings. The van der Waals surface area contributed by atoms with Crippen molar-refractivity contribution in [3.63, 3.8) is 0 Å². The van der Waals surface area contributed by atoms with E-state index in [9.17, 15) is 4.79 Å². The van der Waals surface area contributed by atoms with Gasteiger partial charge >= 0.3 is 0 Å². The predicted molar refractivity (Wildman–Crippen MR) is 78.2 cm³/mol. The highest BCUT2D eigenvalue weighted by molar-refractivity contribution is 7.00. The molecule has 0 saturated heterocycles. The number of benzene rings is 1. The van der Waals surface area contributed by atoms with Crippen molar-refractivity contribution in [2.45, 2.75) is 6.10 Å². The highest BCUT2D eigenvalue weighted by atomic mass is 32.1. The van der Waals surface area contributed by atoms with Crippen LogP contribution in [-0.2, 0) is 4.74 Å². The minimum absolute atomic E-state index is 0.182. The summed E-state index contributed by atoms with van der Waals surface area (Å²) < 4.78 is 18.8. The zero-order valence-corrected chi connectivity index (χ0v) is 12.1. The molecule has 0 aliphatic heterocycles. The third-order valence-corrected chi connectivity index (χ3v) is 3.67. The van der Waals surface area contributed by atoms with E-state index in [-0.39, 0.29) is 12.0 Å². The van der Waals surface area contributed by atoms with Gasteiger partial charge in [-0.05, 0) is 30.3 Å². The maximum absolute atomic E-state index is 12.2. The van der Waals surface area contributed by atoms with Gasteiger partial charge in [0, 0.05) is 12.7 Å². The zero-order chi connectivity index (χ0) is 14.7. The normalized spacial score (nSPS) is 12.4. The molecule has 1 atom stereocenters. The zero-order valence-electron chi connectivity index (χ0n) is 11.3. The van der Waals surface area contributed by atoms with Crippen molar-refractivity contribution in [2.24, 2.45) is 0 Å². The van der Waals surface area contributed by atoms with Crippen LogP contribution in [0.4, 0.5) is 0 Å². The first-order valence-corrected chi connectivity index (χ1v) is 7.07. The smallest absolute Gasteiger partial charge is 0.251 e. The molecule has 1 unspecified atom stereocenters. The second-order valence-corrected chi connectivity index (χ2v) is 4.95. The number of carbonyl (C=O) groups is 1. The molecule has 0 fully saturated rings. The van der Waals surface area contributed by atoms with E-state index >= 15 is 0 Å². The summed E-state index contributed by atoms with van der Waals surface area (Å²) in [6, 6.07) is 8.84. The lowest BCUT2D eigenvalue weighted by atomic mass is 10.2. The van der Waals surface area contributed by atoms with Gasteiger partial charge in [-0.15, -0.1) is 0 Å². The van der Waals surface area contributed by atoms with Gasteiger partial charge in [-0.2, -0.15) is 8.75 Å². The molecular formula is C14H13N3O3S. The summed E-state index contributed by atoms with van der Waals surface area (Å²) in [6.45, 7) is 0.330. The van der Waals surface area contributed by atoms with Crippen molar-refractivity contribution < 1.29 is 13.9 Å². The Morgan fingerprint density at radius 3 is 3.00 bits per heavy atom. The van der Waals surface area contributed by atoms with Crippen molar-refractivity contribution in [3.05, 3.63) is 47.9 Å². The maximum Gasteiger partial charge on any atom is 0.251 e. The largest absolute Gasteiger partial charge is 0.467 e. The van der Waals surface area contributed by atoms with Gasteiger partial charge in [-0.1, -0.05) is 0 Å². The molecule has 1 N–H and O–H groups in total. The number of fused-ring (bicyclic) bond motifs is 1. The molecule has 0 bridgehead atoms. The van der Waals surface area contributed by atoms with Gasteiger partial charge in [-0.25, -0.2) is 0 Å². The molecule has 2 heterocycles. The van der Waals surface area contributed by atoms with Crippen LogP contribution in [0.5, 0.6) is 0 Å². The number of aromatic nitrogens is 2. The van der Waals surface area contributed by atoms with Crippen LogP contribution in [-0.4, -0.2) is 28.3 Å². The number of nitrogens with zero attached hydrogens (tertiary/aromatic N) is 2. The average molecular weight is 303 g/mol. The van der Waals surface area contributed by atoms with Crippen LogP contribution in [0.1, 0.15) is 22.2 Å². The van der Waals surface area contributed by atoms with Crippen LogP contribution in [0.3, 0.4) is 0 Å². The first kappa shape index (κ1) is 13.7. The second kappa shape index (κ2) is 6.02. The van der Waals surface area contributed by atoms with Crippen LogP contribution in [0.25, 0.3) is 11.0 Å². The SMILES string of the molecule is COC(CNC(=O)c1ccc2nsnc2c1)c1ccco1. The summed E-state index contributed by atoms with van der Waals surface area (Å²) in [5.74, 6) is 0.496. The van der Waals surface area contributed by atoms with E-state index in [4.69, 9.17) is 9.15 Å². The van der Waals surface area contributed by atoms with Gasteiger partial charge in [0.25, 0.3) is 5.91 Å². The Bertz CT molecular complexity index is 739. The third-order valence-electron chi connectivity index (χ3n) is 3.11. The third kappa shape index (κ3) is 2.93. The Morgan fingerprint density at radius 1 is 1.38 bits per heavy atom. The van der Waals surface area contributed by atoms with Crippen molar-refractivity contribution in [3.8, 4) is 0 Å². The number of furan rings is 1. The summed E-state index contributed by atoms with van der Waals surface area (Å²) >= 11 is 1.13. The lowest BCUT2D eigenvalue weighted by Crippen LogP contribution is -2.29. The second-order valence-electron chi connectivity index (χ2n) is 4.42. The molecule has 0 radical (unpaired) electrons. The summed E-state index contributed by atoms with van der Waals surface area (Å²) in [4.78, 5) is 12.2. The summed E-state index contributed by atoms with van der Waals surface area (Å²) in [5, 5.41) is 2.83. The number of methoxy groups -OCH3 is 1. The number of carbonyl (C=O) groups excluding carboxylic acids is 1. The van der Waals surface area contributed by atoms with Gasteiger partial charge < -0.3 is 14.5 Å². The van der Waals surface area contributed by atoms with Gasteiger partial charge in [0.1, 0.15) is 22.9 Å². The molecule has 3 rings (SSSR count). The number of amides is 1. The molecule has 1 aromatic carbocycles. The van der Waals surface area contributed by atoms with E-state index in [2.05, 4.69) is 14.1 Å². The number of ether oxygens (including phenoxy) is 1. The Labute approximate surface area is 125 Å². The van der Waals surface area contributed by atoms with Gasteiger partial charge in [0.15, 0.2) is 0 Å². The van der Waals surface area contributed by atoms with Crippen molar-refractivity contribution >= 4 is 28.7 Å². The van der Waals surface area contributed by atoms with Crippen molar-refractivity contribution in [2.75, 3.05) is 13.7 Å². The Morgan fingerprint density at radius 2 is 2.24 bits per heavy atom. The first-order chi connectivity index (χ1) is 10.3. The molecular weight excluding hydrogens is 290 g/mol. The number of nitrogens with one attached hydrogen (secondary N) is 1. The molecule has 2 aromatic heterocycles. The van der Waals surface area contributed by atoms with Crippen molar-refractivity contribution in [1.29, 1.82) is 0 Å². The van der Waals surface area contributed by atoms with E-state index < -0.39 is 0 Å². The molecule has 3 aromatic rings. The summed E-state index contributed by atoms with van der Waals surface area (Å²) in [5.41, 5.74) is 2.06. The van der Waals surface area contributed by atoms with Gasteiger partial charge in [-0.3, -0.25) is 4.79 Å². The van der Waals surface area contributed by atoms with E-state index in [0.29, 0.717) is 17.9 Å². The highest BCUT2D eigenvalue weighted by Crippen LogP contribution is 2.17. The average Bonchev–Trinajstić information content (AvgIpc) is 3.18. The fourth-order valence-corrected chi connectivity index (χ4v) is 2.50. The minimum atomic E-state index is -0.311. The molecule has 6 nitrogen and oxygen atoms in total. The Balaban J connectivity index is 1.68. The van der Waals surface area contributed by atoms with Gasteiger partial charge in [0.05, 0.1) is 24.5 Å². The van der Waals surface area contributed by atoms with E-state index in [1.165, 1.54) is 0 Å². The molecule has 7 heteroatoms. The van der Waals surface area contributed by atoms with E-state index in [1.54, 1.807) is 37.6 Å². The predicted octanol–water partition coefficient (Wildman–Crippen LogP) is 2.40. The fraction of sp³-hybridized carbons (Fsp3) is 0.214. The highest BCUT2D eigenvalue weighted by Gasteiger charge is 2.15. The quantitative estimate of drug-likeness (QED) is 0.783. The topological polar surface area (TPSA) is 77.2 Å². The summed E-state index contributed by atoms with van der Waals surface area (Å²) in [6.07, 6.45) is 1.26. The van der Waals surface area contributed by atoms with Crippen LogP contribution < -0.4 is 5.32 Å². The Kier molecular flexibility index (Phi) is 3.94. The number of hydrogen-bond donors (Lipinski definition) is 1. The monoisotopic (exact) mass is 303 g/mol. The van der Waals surface area contributed by atoms with E-state index in [1.807, 2.05) is 6.07 Å².